The average molecular weight is 378 g/mol. The fourth-order valence-corrected chi connectivity index (χ4v) is 5.79. The van der Waals surface area contributed by atoms with Crippen molar-refractivity contribution in [3.05, 3.63) is 53.1 Å². The predicted molar refractivity (Wildman–Crippen MR) is 114 cm³/mol. The van der Waals surface area contributed by atoms with Crippen LogP contribution in [0.15, 0.2) is 36.4 Å². The van der Waals surface area contributed by atoms with E-state index in [2.05, 4.69) is 55.6 Å². The van der Waals surface area contributed by atoms with E-state index < -0.39 is 0 Å². The van der Waals surface area contributed by atoms with E-state index in [4.69, 9.17) is 9.47 Å². The van der Waals surface area contributed by atoms with Crippen LogP contribution in [0, 0.1) is 5.92 Å². The Hall–Kier alpha value is -2.16. The molecule has 3 nitrogen and oxygen atoms in total. The van der Waals surface area contributed by atoms with E-state index >= 15 is 0 Å². The molecule has 0 saturated heterocycles. The first kappa shape index (κ1) is 17.9. The second kappa shape index (κ2) is 6.72. The number of para-hydroxylation sites is 1. The van der Waals surface area contributed by atoms with Gasteiger partial charge in [-0.3, -0.25) is 0 Å². The summed E-state index contributed by atoms with van der Waals surface area (Å²) in [5.41, 5.74) is 5.27. The van der Waals surface area contributed by atoms with Crippen LogP contribution >= 0.6 is 0 Å². The van der Waals surface area contributed by atoms with E-state index in [9.17, 15) is 0 Å². The molecule has 2 aromatic rings. The zero-order valence-corrected chi connectivity index (χ0v) is 17.3. The smallest absolute Gasteiger partial charge is 0.131 e. The van der Waals surface area contributed by atoms with Crippen LogP contribution in [0.25, 0.3) is 0 Å². The van der Waals surface area contributed by atoms with Crippen LogP contribution in [0.5, 0.6) is 11.5 Å². The fraction of sp³-hybridized carbons (Fsp3) is 0.520. The molecule has 0 radical (unpaired) electrons. The van der Waals surface area contributed by atoms with Crippen molar-refractivity contribution in [2.24, 2.45) is 5.92 Å². The molecule has 1 fully saturated rings. The highest BCUT2D eigenvalue weighted by atomic mass is 16.5. The lowest BCUT2D eigenvalue weighted by atomic mass is 9.65. The third kappa shape index (κ3) is 2.62. The van der Waals surface area contributed by atoms with Crippen LogP contribution in [-0.4, -0.2) is 13.7 Å². The maximum atomic E-state index is 6.31. The molecule has 2 atom stereocenters. The monoisotopic (exact) mass is 377 g/mol. The lowest BCUT2D eigenvalue weighted by Gasteiger charge is -2.49. The molecule has 0 amide bonds. The first-order valence-electron chi connectivity index (χ1n) is 10.8. The summed E-state index contributed by atoms with van der Waals surface area (Å²) >= 11 is 0. The van der Waals surface area contributed by atoms with Gasteiger partial charge in [-0.1, -0.05) is 57.4 Å². The summed E-state index contributed by atoms with van der Waals surface area (Å²) in [5.74, 6) is 3.02. The molecular formula is C25H31NO2. The van der Waals surface area contributed by atoms with Gasteiger partial charge in [0.05, 0.1) is 25.3 Å². The molecule has 0 aromatic heterocycles. The van der Waals surface area contributed by atoms with Gasteiger partial charge in [0.15, 0.2) is 0 Å². The number of nitrogens with one attached hydrogen (secondary N) is 1. The third-order valence-corrected chi connectivity index (χ3v) is 7.43. The number of ether oxygens (including phenoxy) is 2. The summed E-state index contributed by atoms with van der Waals surface area (Å²) < 4.78 is 12.4. The van der Waals surface area contributed by atoms with E-state index in [-0.39, 0.29) is 11.5 Å². The summed E-state index contributed by atoms with van der Waals surface area (Å²) in [6.07, 6.45) is 6.56. The summed E-state index contributed by atoms with van der Waals surface area (Å²) in [4.78, 5) is 0. The highest BCUT2D eigenvalue weighted by Gasteiger charge is 2.47. The lowest BCUT2D eigenvalue weighted by molar-refractivity contribution is 0.133. The lowest BCUT2D eigenvalue weighted by Crippen LogP contribution is -2.46. The van der Waals surface area contributed by atoms with Gasteiger partial charge in [-0.05, 0) is 42.0 Å². The highest BCUT2D eigenvalue weighted by Crippen LogP contribution is 2.55. The molecule has 2 aromatic carbocycles. The van der Waals surface area contributed by atoms with Gasteiger partial charge in [0, 0.05) is 17.0 Å². The average Bonchev–Trinajstić information content (AvgIpc) is 2.73. The van der Waals surface area contributed by atoms with Crippen LogP contribution in [-0.2, 0) is 5.41 Å². The molecule has 2 aliphatic heterocycles. The van der Waals surface area contributed by atoms with Crippen molar-refractivity contribution in [3.63, 3.8) is 0 Å². The number of benzene rings is 2. The van der Waals surface area contributed by atoms with Crippen molar-refractivity contribution in [3.8, 4) is 11.5 Å². The van der Waals surface area contributed by atoms with Gasteiger partial charge in [0.25, 0.3) is 0 Å². The second-order valence-corrected chi connectivity index (χ2v) is 9.24. The Bertz CT molecular complexity index is 882. The molecule has 0 spiro atoms. The normalized spacial score (nSPS) is 25.5. The second-order valence-electron chi connectivity index (χ2n) is 9.24. The molecule has 5 rings (SSSR count). The quantitative estimate of drug-likeness (QED) is 0.676. The summed E-state index contributed by atoms with van der Waals surface area (Å²) in [7, 11) is 1.83. The van der Waals surface area contributed by atoms with Crippen LogP contribution in [0.1, 0.15) is 74.6 Å². The van der Waals surface area contributed by atoms with Crippen LogP contribution in [0.4, 0.5) is 5.69 Å². The third-order valence-electron chi connectivity index (χ3n) is 7.43. The minimum absolute atomic E-state index is 0.0378. The summed E-state index contributed by atoms with van der Waals surface area (Å²) in [6.45, 7) is 5.45. The molecule has 1 saturated carbocycles. The Morgan fingerprint density at radius 2 is 1.82 bits per heavy atom. The Kier molecular flexibility index (Phi) is 4.30. The molecular weight excluding hydrogens is 346 g/mol. The van der Waals surface area contributed by atoms with Crippen LogP contribution in [0.3, 0.4) is 0 Å². The molecule has 148 valence electrons. The maximum Gasteiger partial charge on any atom is 0.131 e. The predicted octanol–water partition coefficient (Wildman–Crippen LogP) is 6.20. The van der Waals surface area contributed by atoms with Crippen molar-refractivity contribution in [2.75, 3.05) is 19.0 Å². The highest BCUT2D eigenvalue weighted by molar-refractivity contribution is 5.64. The van der Waals surface area contributed by atoms with Crippen molar-refractivity contribution >= 4 is 5.69 Å². The molecule has 2 heterocycles. The number of methoxy groups -OCH3 is 1. The number of hydrogen-bond acceptors (Lipinski definition) is 3. The van der Waals surface area contributed by atoms with Crippen LogP contribution < -0.4 is 14.8 Å². The SMILES string of the molecule is COc1c(C2CCCCC2)ccc2c1C1Nc3ccccc3C(C)(C)C1CO2. The molecule has 1 aliphatic carbocycles. The van der Waals surface area contributed by atoms with Gasteiger partial charge in [-0.25, -0.2) is 0 Å². The van der Waals surface area contributed by atoms with Gasteiger partial charge in [0.2, 0.25) is 0 Å². The van der Waals surface area contributed by atoms with Crippen molar-refractivity contribution in [2.45, 2.75) is 63.3 Å². The van der Waals surface area contributed by atoms with Crippen molar-refractivity contribution in [1.29, 1.82) is 0 Å². The minimum atomic E-state index is 0.0378. The van der Waals surface area contributed by atoms with Gasteiger partial charge in [-0.15, -0.1) is 0 Å². The van der Waals surface area contributed by atoms with E-state index in [1.807, 2.05) is 7.11 Å². The summed E-state index contributed by atoms with van der Waals surface area (Å²) in [5, 5.41) is 3.86. The number of rotatable bonds is 2. The topological polar surface area (TPSA) is 30.5 Å². The Morgan fingerprint density at radius 3 is 2.61 bits per heavy atom. The summed E-state index contributed by atoms with van der Waals surface area (Å²) in [6, 6.07) is 13.4. The van der Waals surface area contributed by atoms with E-state index in [0.29, 0.717) is 11.8 Å². The number of fused-ring (bicyclic) bond motifs is 4. The van der Waals surface area contributed by atoms with E-state index in [0.717, 1.165) is 18.1 Å². The number of anilines is 1. The standard InChI is InChI=1S/C25H31NO2/c1-25(2)18-11-7-8-12-20(18)26-23-19(25)15-28-21-14-13-17(24(27-3)22(21)23)16-9-5-4-6-10-16/h7-8,11-14,16,19,23,26H,4-6,9-10,15H2,1-3H3. The molecule has 0 bridgehead atoms. The zero-order valence-electron chi connectivity index (χ0n) is 17.3. The Morgan fingerprint density at radius 1 is 1.04 bits per heavy atom. The number of hydrogen-bond donors (Lipinski definition) is 1. The van der Waals surface area contributed by atoms with Gasteiger partial charge in [0.1, 0.15) is 11.5 Å². The van der Waals surface area contributed by atoms with Gasteiger partial charge < -0.3 is 14.8 Å². The van der Waals surface area contributed by atoms with Crippen LogP contribution in [0.2, 0.25) is 0 Å². The minimum Gasteiger partial charge on any atom is -0.496 e. The molecule has 3 heteroatoms. The van der Waals surface area contributed by atoms with Gasteiger partial charge >= 0.3 is 0 Å². The molecule has 3 aliphatic rings. The maximum absolute atomic E-state index is 6.31. The Balaban J connectivity index is 1.64. The fourth-order valence-electron chi connectivity index (χ4n) is 5.79. The first-order valence-corrected chi connectivity index (χ1v) is 10.8. The molecule has 1 N–H and O–H groups in total. The Labute approximate surface area is 168 Å². The first-order chi connectivity index (χ1) is 13.6. The van der Waals surface area contributed by atoms with E-state index in [1.165, 1.54) is 54.5 Å². The largest absolute Gasteiger partial charge is 0.496 e. The van der Waals surface area contributed by atoms with Crippen molar-refractivity contribution < 1.29 is 9.47 Å². The van der Waals surface area contributed by atoms with Gasteiger partial charge in [-0.2, -0.15) is 0 Å². The van der Waals surface area contributed by atoms with Crippen molar-refractivity contribution in [1.82, 2.24) is 0 Å². The zero-order chi connectivity index (χ0) is 19.3. The van der Waals surface area contributed by atoms with E-state index in [1.54, 1.807) is 0 Å². The molecule has 28 heavy (non-hydrogen) atoms. The molecule has 2 unspecified atom stereocenters.